The van der Waals surface area contributed by atoms with Crippen LogP contribution in [0.1, 0.15) is 37.7 Å². The summed E-state index contributed by atoms with van der Waals surface area (Å²) in [4.78, 5) is 14.6. The van der Waals surface area contributed by atoms with Gasteiger partial charge in [-0.05, 0) is 49.1 Å². The first-order valence-corrected chi connectivity index (χ1v) is 8.68. The van der Waals surface area contributed by atoms with Crippen molar-refractivity contribution in [3.8, 4) is 0 Å². The minimum Gasteiger partial charge on any atom is -0.341 e. The van der Waals surface area contributed by atoms with Crippen molar-refractivity contribution < 1.29 is 4.79 Å². The molecule has 1 aromatic carbocycles. The molecule has 2 N–H and O–H groups in total. The third-order valence-electron chi connectivity index (χ3n) is 5.50. The van der Waals surface area contributed by atoms with Crippen LogP contribution in [-0.2, 0) is 11.3 Å². The summed E-state index contributed by atoms with van der Waals surface area (Å²) in [5.41, 5.74) is 7.33. The number of carbonyl (C=O) groups is 1. The van der Waals surface area contributed by atoms with Crippen molar-refractivity contribution in [2.75, 3.05) is 7.05 Å². The number of fused-ring (bicyclic) bond motifs is 2. The van der Waals surface area contributed by atoms with E-state index in [1.165, 1.54) is 19.3 Å². The van der Waals surface area contributed by atoms with E-state index in [-0.39, 0.29) is 11.8 Å². The highest BCUT2D eigenvalue weighted by Gasteiger charge is 2.41. The van der Waals surface area contributed by atoms with Gasteiger partial charge in [-0.25, -0.2) is 0 Å². The van der Waals surface area contributed by atoms with E-state index < -0.39 is 0 Å². The molecule has 22 heavy (non-hydrogen) atoms. The topological polar surface area (TPSA) is 46.3 Å². The van der Waals surface area contributed by atoms with Gasteiger partial charge in [-0.3, -0.25) is 4.79 Å². The Morgan fingerprint density at radius 1 is 1.27 bits per heavy atom. The predicted octanol–water partition coefficient (Wildman–Crippen LogP) is 3.45. The molecule has 2 saturated carbocycles. The average Bonchev–Trinajstić information content (AvgIpc) is 2.48. The van der Waals surface area contributed by atoms with Crippen LogP contribution in [0.3, 0.4) is 0 Å². The quantitative estimate of drug-likeness (QED) is 0.927. The second kappa shape index (κ2) is 6.59. The van der Waals surface area contributed by atoms with E-state index in [1.54, 1.807) is 0 Å². The van der Waals surface area contributed by atoms with Crippen LogP contribution in [0.2, 0.25) is 5.02 Å². The molecule has 0 aliphatic heterocycles. The third-order valence-corrected chi connectivity index (χ3v) is 5.87. The Hall–Kier alpha value is -1.06. The van der Waals surface area contributed by atoms with Gasteiger partial charge in [0.1, 0.15) is 0 Å². The summed E-state index contributed by atoms with van der Waals surface area (Å²) in [6.07, 6.45) is 5.58. The van der Waals surface area contributed by atoms with Gasteiger partial charge in [-0.1, -0.05) is 36.2 Å². The molecular formula is C18H25ClN2O. The highest BCUT2D eigenvalue weighted by molar-refractivity contribution is 6.31. The summed E-state index contributed by atoms with van der Waals surface area (Å²) in [7, 11) is 1.88. The van der Waals surface area contributed by atoms with Crippen molar-refractivity contribution in [3.63, 3.8) is 0 Å². The van der Waals surface area contributed by atoms with Gasteiger partial charge < -0.3 is 10.6 Å². The molecule has 0 spiro atoms. The van der Waals surface area contributed by atoms with Crippen molar-refractivity contribution in [2.45, 2.75) is 44.7 Å². The van der Waals surface area contributed by atoms with Crippen molar-refractivity contribution in [3.05, 3.63) is 34.9 Å². The Balaban J connectivity index is 1.65. The number of rotatable bonds is 3. The molecule has 0 heterocycles. The van der Waals surface area contributed by atoms with Crippen molar-refractivity contribution in [1.29, 1.82) is 0 Å². The Morgan fingerprint density at radius 2 is 1.91 bits per heavy atom. The van der Waals surface area contributed by atoms with Crippen LogP contribution in [0.25, 0.3) is 0 Å². The van der Waals surface area contributed by atoms with E-state index >= 15 is 0 Å². The number of benzene rings is 1. The Kier molecular flexibility index (Phi) is 4.74. The monoisotopic (exact) mass is 320 g/mol. The molecule has 2 aliphatic rings. The van der Waals surface area contributed by atoms with Gasteiger partial charge in [-0.15, -0.1) is 0 Å². The molecule has 120 valence electrons. The summed E-state index contributed by atoms with van der Waals surface area (Å²) in [5, 5.41) is 0.727. The molecule has 0 radical (unpaired) electrons. The predicted molar refractivity (Wildman–Crippen MR) is 89.5 cm³/mol. The van der Waals surface area contributed by atoms with Gasteiger partial charge in [0.2, 0.25) is 5.91 Å². The molecule has 1 aromatic rings. The average molecular weight is 321 g/mol. The van der Waals surface area contributed by atoms with E-state index in [0.717, 1.165) is 23.4 Å². The highest BCUT2D eigenvalue weighted by atomic mass is 35.5. The molecule has 2 bridgehead atoms. The normalized spacial score (nSPS) is 30.9. The zero-order valence-electron chi connectivity index (χ0n) is 13.2. The largest absolute Gasteiger partial charge is 0.341 e. The SMILES string of the molecule is CN(Cc1ccccc1Cl)C(=O)C1CC2CCCC(C1)C2N. The van der Waals surface area contributed by atoms with E-state index in [4.69, 9.17) is 17.3 Å². The summed E-state index contributed by atoms with van der Waals surface area (Å²) in [5.74, 6) is 1.47. The lowest BCUT2D eigenvalue weighted by atomic mass is 9.65. The Bertz CT molecular complexity index is 534. The molecule has 2 unspecified atom stereocenters. The number of halogens is 1. The van der Waals surface area contributed by atoms with Crippen LogP contribution in [-0.4, -0.2) is 23.9 Å². The molecule has 1 amide bonds. The van der Waals surface area contributed by atoms with Gasteiger partial charge in [0.15, 0.2) is 0 Å². The fourth-order valence-electron chi connectivity index (χ4n) is 4.26. The lowest BCUT2D eigenvalue weighted by Crippen LogP contribution is -2.49. The highest BCUT2D eigenvalue weighted by Crippen LogP contribution is 2.42. The van der Waals surface area contributed by atoms with E-state index in [2.05, 4.69) is 0 Å². The first kappa shape index (κ1) is 15.8. The summed E-state index contributed by atoms with van der Waals surface area (Å²) >= 11 is 6.20. The number of hydrogen-bond donors (Lipinski definition) is 1. The maximum Gasteiger partial charge on any atom is 0.225 e. The molecule has 2 atom stereocenters. The number of hydrogen-bond acceptors (Lipinski definition) is 2. The number of nitrogens with two attached hydrogens (primary N) is 1. The zero-order valence-corrected chi connectivity index (χ0v) is 13.9. The fourth-order valence-corrected chi connectivity index (χ4v) is 4.46. The molecular weight excluding hydrogens is 296 g/mol. The summed E-state index contributed by atoms with van der Waals surface area (Å²) in [6, 6.07) is 8.05. The summed E-state index contributed by atoms with van der Waals surface area (Å²) in [6.45, 7) is 0.580. The van der Waals surface area contributed by atoms with Crippen LogP contribution in [0.5, 0.6) is 0 Å². The third kappa shape index (κ3) is 3.16. The molecule has 3 nitrogen and oxygen atoms in total. The zero-order chi connectivity index (χ0) is 15.7. The van der Waals surface area contributed by atoms with Crippen molar-refractivity contribution >= 4 is 17.5 Å². The smallest absolute Gasteiger partial charge is 0.225 e. The van der Waals surface area contributed by atoms with Crippen LogP contribution in [0.15, 0.2) is 24.3 Å². The van der Waals surface area contributed by atoms with E-state index in [0.29, 0.717) is 24.4 Å². The van der Waals surface area contributed by atoms with E-state index in [9.17, 15) is 4.79 Å². The Morgan fingerprint density at radius 3 is 2.55 bits per heavy atom. The Labute approximate surface area is 137 Å². The fraction of sp³-hybridized carbons (Fsp3) is 0.611. The minimum absolute atomic E-state index is 0.141. The molecule has 2 fully saturated rings. The number of nitrogens with zero attached hydrogens (tertiary/aromatic N) is 1. The van der Waals surface area contributed by atoms with Gasteiger partial charge in [-0.2, -0.15) is 0 Å². The summed E-state index contributed by atoms with van der Waals surface area (Å²) < 4.78 is 0. The van der Waals surface area contributed by atoms with Crippen molar-refractivity contribution in [2.24, 2.45) is 23.5 Å². The maximum atomic E-state index is 12.8. The minimum atomic E-state index is 0.141. The van der Waals surface area contributed by atoms with Crippen LogP contribution in [0.4, 0.5) is 0 Å². The number of carbonyl (C=O) groups excluding carboxylic acids is 1. The van der Waals surface area contributed by atoms with Crippen LogP contribution in [0, 0.1) is 17.8 Å². The van der Waals surface area contributed by atoms with Crippen LogP contribution < -0.4 is 5.73 Å². The lowest BCUT2D eigenvalue weighted by molar-refractivity contribution is -0.137. The molecule has 2 aliphatic carbocycles. The molecule has 0 saturated heterocycles. The van der Waals surface area contributed by atoms with Gasteiger partial charge in [0.05, 0.1) is 0 Å². The van der Waals surface area contributed by atoms with Gasteiger partial charge in [0, 0.05) is 30.6 Å². The van der Waals surface area contributed by atoms with Gasteiger partial charge >= 0.3 is 0 Å². The standard InChI is InChI=1S/C18H25ClN2O/c1-21(11-14-5-2-3-8-16(14)19)18(22)15-9-12-6-4-7-13(10-15)17(12)20/h2-3,5,8,12-13,15,17H,4,6-7,9-11,20H2,1H3. The second-order valence-corrected chi connectivity index (χ2v) is 7.39. The second-order valence-electron chi connectivity index (χ2n) is 6.98. The first-order chi connectivity index (χ1) is 10.6. The van der Waals surface area contributed by atoms with Gasteiger partial charge in [0.25, 0.3) is 0 Å². The first-order valence-electron chi connectivity index (χ1n) is 8.30. The molecule has 4 heteroatoms. The lowest BCUT2D eigenvalue weighted by Gasteiger charge is -2.44. The number of amides is 1. The molecule has 0 aromatic heterocycles. The van der Waals surface area contributed by atoms with Crippen LogP contribution >= 0.6 is 11.6 Å². The van der Waals surface area contributed by atoms with Crippen molar-refractivity contribution in [1.82, 2.24) is 4.90 Å². The maximum absolute atomic E-state index is 12.8. The molecule has 3 rings (SSSR count). The van der Waals surface area contributed by atoms with E-state index in [1.807, 2.05) is 36.2 Å².